The fourth-order valence-electron chi connectivity index (χ4n) is 0.626. The fraction of sp³-hybridized carbons (Fsp3) is 0.333. The Bertz CT molecular complexity index is 264. The SMILES string of the molecule is COC=C(C=CC(=O)OC)C(=O)OC. The highest BCUT2D eigenvalue weighted by Crippen LogP contribution is 2.00. The van der Waals surface area contributed by atoms with Crippen molar-refractivity contribution in [3.63, 3.8) is 0 Å². The second-order valence-corrected chi connectivity index (χ2v) is 2.16. The topological polar surface area (TPSA) is 61.8 Å². The summed E-state index contributed by atoms with van der Waals surface area (Å²) in [6, 6.07) is 0. The van der Waals surface area contributed by atoms with Crippen molar-refractivity contribution < 1.29 is 23.8 Å². The highest BCUT2D eigenvalue weighted by Gasteiger charge is 2.06. The van der Waals surface area contributed by atoms with Gasteiger partial charge in [0.25, 0.3) is 0 Å². The van der Waals surface area contributed by atoms with Crippen molar-refractivity contribution in [3.8, 4) is 0 Å². The molecular weight excluding hydrogens is 188 g/mol. The summed E-state index contributed by atoms with van der Waals surface area (Å²) < 4.78 is 13.4. The first-order valence-electron chi connectivity index (χ1n) is 3.73. The highest BCUT2D eigenvalue weighted by atomic mass is 16.5. The van der Waals surface area contributed by atoms with E-state index in [1.807, 2.05) is 0 Å². The van der Waals surface area contributed by atoms with E-state index in [9.17, 15) is 9.59 Å². The predicted octanol–water partition coefficient (Wildman–Crippen LogP) is 0.419. The van der Waals surface area contributed by atoms with Crippen molar-refractivity contribution in [3.05, 3.63) is 24.0 Å². The van der Waals surface area contributed by atoms with Crippen LogP contribution in [-0.2, 0) is 23.8 Å². The number of carbonyl (C=O) groups excluding carboxylic acids is 2. The van der Waals surface area contributed by atoms with Gasteiger partial charge in [0.2, 0.25) is 0 Å². The number of carbonyl (C=O) groups is 2. The van der Waals surface area contributed by atoms with Crippen LogP contribution in [0.1, 0.15) is 0 Å². The van der Waals surface area contributed by atoms with Crippen molar-refractivity contribution in [2.24, 2.45) is 0 Å². The monoisotopic (exact) mass is 200 g/mol. The zero-order chi connectivity index (χ0) is 11.0. The molecule has 0 aliphatic carbocycles. The fourth-order valence-corrected chi connectivity index (χ4v) is 0.626. The van der Waals surface area contributed by atoms with Gasteiger partial charge in [0, 0.05) is 6.08 Å². The van der Waals surface area contributed by atoms with Gasteiger partial charge in [-0.1, -0.05) is 0 Å². The maximum atomic E-state index is 11.0. The summed E-state index contributed by atoms with van der Waals surface area (Å²) in [5.74, 6) is -1.15. The summed E-state index contributed by atoms with van der Waals surface area (Å²) in [5.41, 5.74) is 0.125. The van der Waals surface area contributed by atoms with E-state index < -0.39 is 11.9 Å². The first-order chi connectivity index (χ1) is 6.65. The van der Waals surface area contributed by atoms with Crippen molar-refractivity contribution >= 4 is 11.9 Å². The Morgan fingerprint density at radius 3 is 2.07 bits per heavy atom. The van der Waals surface area contributed by atoms with Crippen LogP contribution in [0.25, 0.3) is 0 Å². The van der Waals surface area contributed by atoms with Gasteiger partial charge in [0.05, 0.1) is 33.2 Å². The second-order valence-electron chi connectivity index (χ2n) is 2.16. The lowest BCUT2D eigenvalue weighted by molar-refractivity contribution is -0.135. The summed E-state index contributed by atoms with van der Waals surface area (Å²) in [4.78, 5) is 21.7. The molecule has 5 nitrogen and oxygen atoms in total. The molecule has 0 aromatic heterocycles. The van der Waals surface area contributed by atoms with E-state index >= 15 is 0 Å². The lowest BCUT2D eigenvalue weighted by atomic mass is 10.3. The molecule has 0 aromatic rings. The van der Waals surface area contributed by atoms with E-state index in [-0.39, 0.29) is 5.57 Å². The highest BCUT2D eigenvalue weighted by molar-refractivity contribution is 5.93. The Hall–Kier alpha value is -1.78. The molecular formula is C9H12O5. The molecule has 0 atom stereocenters. The largest absolute Gasteiger partial charge is 0.503 e. The maximum Gasteiger partial charge on any atom is 0.340 e. The number of hydrogen-bond acceptors (Lipinski definition) is 5. The Morgan fingerprint density at radius 2 is 1.64 bits per heavy atom. The van der Waals surface area contributed by atoms with Gasteiger partial charge in [0.1, 0.15) is 0 Å². The molecule has 0 saturated heterocycles. The van der Waals surface area contributed by atoms with Gasteiger partial charge in [-0.2, -0.15) is 0 Å². The summed E-state index contributed by atoms with van der Waals surface area (Å²) in [6.45, 7) is 0. The van der Waals surface area contributed by atoms with Gasteiger partial charge < -0.3 is 14.2 Å². The van der Waals surface area contributed by atoms with Crippen LogP contribution in [0, 0.1) is 0 Å². The van der Waals surface area contributed by atoms with Crippen LogP contribution < -0.4 is 0 Å². The summed E-state index contributed by atoms with van der Waals surface area (Å²) >= 11 is 0. The molecule has 0 aliphatic heterocycles. The molecule has 0 aromatic carbocycles. The molecule has 0 unspecified atom stereocenters. The van der Waals surface area contributed by atoms with Crippen LogP contribution in [0.5, 0.6) is 0 Å². The third-order valence-electron chi connectivity index (χ3n) is 1.27. The second kappa shape index (κ2) is 6.71. The van der Waals surface area contributed by atoms with Crippen molar-refractivity contribution in [2.75, 3.05) is 21.3 Å². The third kappa shape index (κ3) is 4.30. The molecule has 0 rings (SSSR count). The van der Waals surface area contributed by atoms with Gasteiger partial charge >= 0.3 is 11.9 Å². The number of rotatable bonds is 4. The van der Waals surface area contributed by atoms with E-state index in [1.165, 1.54) is 33.7 Å². The van der Waals surface area contributed by atoms with Crippen LogP contribution in [0.4, 0.5) is 0 Å². The molecule has 0 amide bonds. The van der Waals surface area contributed by atoms with Crippen LogP contribution in [0.3, 0.4) is 0 Å². The Labute approximate surface area is 81.9 Å². The first kappa shape index (κ1) is 12.2. The normalized spacial score (nSPS) is 11.2. The van der Waals surface area contributed by atoms with Gasteiger partial charge in [-0.25, -0.2) is 9.59 Å². The Morgan fingerprint density at radius 1 is 1.00 bits per heavy atom. The minimum absolute atomic E-state index is 0.125. The van der Waals surface area contributed by atoms with Crippen LogP contribution in [0.15, 0.2) is 24.0 Å². The van der Waals surface area contributed by atoms with Crippen LogP contribution >= 0.6 is 0 Å². The van der Waals surface area contributed by atoms with E-state index in [4.69, 9.17) is 0 Å². The molecule has 0 bridgehead atoms. The molecule has 0 saturated carbocycles. The Kier molecular flexibility index (Phi) is 5.85. The average Bonchev–Trinajstić information content (AvgIpc) is 2.22. The van der Waals surface area contributed by atoms with Crippen molar-refractivity contribution in [1.29, 1.82) is 0 Å². The summed E-state index contributed by atoms with van der Waals surface area (Å²) in [6.07, 6.45) is 3.52. The number of esters is 2. The average molecular weight is 200 g/mol. The molecule has 14 heavy (non-hydrogen) atoms. The van der Waals surface area contributed by atoms with Crippen LogP contribution in [-0.4, -0.2) is 33.3 Å². The Balaban J connectivity index is 4.54. The minimum Gasteiger partial charge on any atom is -0.503 e. The standard InChI is InChI=1S/C9H12O5/c1-12-6-7(9(11)14-3)4-5-8(10)13-2/h4-6H,1-3H3. The molecule has 0 heterocycles. The molecule has 0 radical (unpaired) electrons. The smallest absolute Gasteiger partial charge is 0.340 e. The van der Waals surface area contributed by atoms with Gasteiger partial charge in [0.15, 0.2) is 0 Å². The molecule has 0 aliphatic rings. The number of hydrogen-bond donors (Lipinski definition) is 0. The van der Waals surface area contributed by atoms with Crippen molar-refractivity contribution in [1.82, 2.24) is 0 Å². The van der Waals surface area contributed by atoms with Gasteiger partial charge in [-0.05, 0) is 6.08 Å². The molecule has 0 fully saturated rings. The van der Waals surface area contributed by atoms with E-state index in [0.29, 0.717) is 0 Å². The van der Waals surface area contributed by atoms with E-state index in [2.05, 4.69) is 14.2 Å². The van der Waals surface area contributed by atoms with Crippen molar-refractivity contribution in [2.45, 2.75) is 0 Å². The number of ether oxygens (including phenoxy) is 3. The predicted molar refractivity (Wildman–Crippen MR) is 48.3 cm³/mol. The zero-order valence-corrected chi connectivity index (χ0v) is 8.27. The molecule has 0 spiro atoms. The van der Waals surface area contributed by atoms with Gasteiger partial charge in [-0.15, -0.1) is 0 Å². The molecule has 78 valence electrons. The van der Waals surface area contributed by atoms with Gasteiger partial charge in [-0.3, -0.25) is 0 Å². The quantitative estimate of drug-likeness (QED) is 0.285. The molecule has 0 N–H and O–H groups in total. The summed E-state index contributed by atoms with van der Waals surface area (Å²) in [5, 5.41) is 0. The zero-order valence-electron chi connectivity index (χ0n) is 8.27. The molecule has 5 heteroatoms. The third-order valence-corrected chi connectivity index (χ3v) is 1.27. The first-order valence-corrected chi connectivity index (χ1v) is 3.73. The maximum absolute atomic E-state index is 11.0. The summed E-state index contributed by atoms with van der Waals surface area (Å²) in [7, 11) is 3.86. The minimum atomic E-state index is -0.591. The van der Waals surface area contributed by atoms with Crippen LogP contribution in [0.2, 0.25) is 0 Å². The van der Waals surface area contributed by atoms with E-state index in [1.54, 1.807) is 0 Å². The lowest BCUT2D eigenvalue weighted by Crippen LogP contribution is -2.04. The van der Waals surface area contributed by atoms with E-state index in [0.717, 1.165) is 6.08 Å². The lowest BCUT2D eigenvalue weighted by Gasteiger charge is -1.98. The number of methoxy groups -OCH3 is 3.